The normalized spacial score (nSPS) is 22.3. The molecule has 0 spiro atoms. The number of aromatic nitrogens is 1. The lowest BCUT2D eigenvalue weighted by atomic mass is 10.1. The summed E-state index contributed by atoms with van der Waals surface area (Å²) in [6.07, 6.45) is -9.21. The van der Waals surface area contributed by atoms with Crippen LogP contribution in [-0.2, 0) is 15.7 Å². The molecular weight excluding hydrogens is 401 g/mol. The van der Waals surface area contributed by atoms with E-state index in [1.165, 1.54) is 13.8 Å². The van der Waals surface area contributed by atoms with Crippen LogP contribution in [0.3, 0.4) is 0 Å². The zero-order valence-electron chi connectivity index (χ0n) is 16.7. The highest BCUT2D eigenvalue weighted by Gasteiger charge is 2.48. The molecule has 0 bridgehead atoms. The summed E-state index contributed by atoms with van der Waals surface area (Å²) in [4.78, 5) is 17.2. The zero-order chi connectivity index (χ0) is 22.2. The maximum Gasteiger partial charge on any atom is 0.416 e. The summed E-state index contributed by atoms with van der Waals surface area (Å²) >= 11 is 0. The third-order valence-electron chi connectivity index (χ3n) is 4.27. The Morgan fingerprint density at radius 1 is 1.38 bits per heavy atom. The maximum atomic E-state index is 13.9. The van der Waals surface area contributed by atoms with E-state index in [9.17, 15) is 26.7 Å². The van der Waals surface area contributed by atoms with E-state index in [0.29, 0.717) is 0 Å². The molecule has 1 N–H and O–H groups in total. The van der Waals surface area contributed by atoms with Crippen LogP contribution in [0.5, 0.6) is 0 Å². The predicted octanol–water partition coefficient (Wildman–Crippen LogP) is 4.44. The van der Waals surface area contributed by atoms with Crippen LogP contribution in [0.15, 0.2) is 12.3 Å². The van der Waals surface area contributed by atoms with Gasteiger partial charge in [-0.1, -0.05) is 0 Å². The topological polar surface area (TPSA) is 63.7 Å². The Bertz CT molecular complexity index is 749. The number of halogens is 5. The van der Waals surface area contributed by atoms with E-state index < -0.39 is 48.2 Å². The van der Waals surface area contributed by atoms with Gasteiger partial charge in [-0.05, 0) is 40.7 Å². The van der Waals surface area contributed by atoms with Gasteiger partial charge in [-0.25, -0.2) is 9.78 Å². The summed E-state index contributed by atoms with van der Waals surface area (Å²) in [5, 5.41) is 2.72. The number of nitrogens with one attached hydrogen (secondary N) is 1. The van der Waals surface area contributed by atoms with E-state index in [1.807, 2.05) is 0 Å². The first-order valence-corrected chi connectivity index (χ1v) is 8.92. The number of amides is 1. The van der Waals surface area contributed by atoms with E-state index in [2.05, 4.69) is 15.0 Å². The minimum absolute atomic E-state index is 0.0616. The fourth-order valence-electron chi connectivity index (χ4n) is 2.98. The lowest BCUT2D eigenvalue weighted by Gasteiger charge is -2.43. The van der Waals surface area contributed by atoms with Gasteiger partial charge < -0.3 is 14.8 Å². The molecular formula is C18H24F5N3O3. The van der Waals surface area contributed by atoms with Crippen LogP contribution in [0.4, 0.5) is 32.6 Å². The van der Waals surface area contributed by atoms with Crippen LogP contribution >= 0.6 is 0 Å². The Hall–Kier alpha value is -2.17. The number of carbonyl (C=O) groups excluding carboxylic acids is 1. The fourth-order valence-corrected chi connectivity index (χ4v) is 2.98. The second kappa shape index (κ2) is 7.92. The van der Waals surface area contributed by atoms with Gasteiger partial charge in [0.05, 0.1) is 17.7 Å². The van der Waals surface area contributed by atoms with Crippen LogP contribution in [0.2, 0.25) is 0 Å². The summed E-state index contributed by atoms with van der Waals surface area (Å²) in [7, 11) is 0. The second-order valence-electron chi connectivity index (χ2n) is 7.85. The number of alkyl halides is 5. The third-order valence-corrected chi connectivity index (χ3v) is 4.27. The van der Waals surface area contributed by atoms with Gasteiger partial charge in [0.25, 0.3) is 0 Å². The van der Waals surface area contributed by atoms with Gasteiger partial charge in [-0.2, -0.15) is 22.0 Å². The minimum Gasteiger partial charge on any atom is -0.444 e. The van der Waals surface area contributed by atoms with Crippen molar-refractivity contribution in [3.8, 4) is 0 Å². The molecule has 2 rings (SSSR count). The van der Waals surface area contributed by atoms with Crippen molar-refractivity contribution in [3.05, 3.63) is 23.4 Å². The standard InChI is InChI=1S/C18H24F5N3O3/c1-10-12(18(21,22)23)6-7-24-14(10)25-8-13-11(2)28-17(19,20)9-26(13)15(27)29-16(3,4)5/h6-7,11,13H,8-9H2,1-5H3,(H,24,25)/t11-,13+/m0/s1. The van der Waals surface area contributed by atoms with Gasteiger partial charge >= 0.3 is 18.4 Å². The molecule has 1 aliphatic rings. The number of morpholine rings is 1. The molecule has 0 aliphatic carbocycles. The minimum atomic E-state index is -4.56. The molecule has 0 saturated carbocycles. The number of anilines is 1. The third kappa shape index (κ3) is 5.91. The van der Waals surface area contributed by atoms with Crippen molar-refractivity contribution in [1.82, 2.24) is 9.88 Å². The molecule has 0 unspecified atom stereocenters. The Labute approximate surface area is 165 Å². The molecule has 2 heterocycles. The van der Waals surface area contributed by atoms with Crippen LogP contribution in [0, 0.1) is 6.92 Å². The Morgan fingerprint density at radius 2 is 2.00 bits per heavy atom. The van der Waals surface area contributed by atoms with Gasteiger partial charge in [0.2, 0.25) is 0 Å². The van der Waals surface area contributed by atoms with E-state index in [4.69, 9.17) is 4.74 Å². The zero-order valence-corrected chi connectivity index (χ0v) is 16.7. The first kappa shape index (κ1) is 23.1. The molecule has 1 aliphatic heterocycles. The van der Waals surface area contributed by atoms with Crippen molar-refractivity contribution >= 4 is 11.9 Å². The van der Waals surface area contributed by atoms with Gasteiger partial charge in [0, 0.05) is 18.3 Å². The van der Waals surface area contributed by atoms with E-state index in [1.54, 1.807) is 20.8 Å². The average Bonchev–Trinajstić information content (AvgIpc) is 2.51. The fraction of sp³-hybridized carbons (Fsp3) is 0.667. The molecule has 29 heavy (non-hydrogen) atoms. The lowest BCUT2D eigenvalue weighted by molar-refractivity contribution is -0.300. The van der Waals surface area contributed by atoms with Crippen LogP contribution in [0.25, 0.3) is 0 Å². The van der Waals surface area contributed by atoms with Crippen molar-refractivity contribution in [2.45, 2.75) is 64.7 Å². The number of hydrogen-bond donors (Lipinski definition) is 1. The van der Waals surface area contributed by atoms with Crippen molar-refractivity contribution < 1.29 is 36.2 Å². The molecule has 1 amide bonds. The predicted molar refractivity (Wildman–Crippen MR) is 94.7 cm³/mol. The number of hydrogen-bond acceptors (Lipinski definition) is 5. The van der Waals surface area contributed by atoms with Crippen LogP contribution in [0.1, 0.15) is 38.8 Å². The number of carbonyl (C=O) groups is 1. The summed E-state index contributed by atoms with van der Waals surface area (Å²) < 4.78 is 76.8. The van der Waals surface area contributed by atoms with Gasteiger partial charge in [-0.15, -0.1) is 0 Å². The first-order chi connectivity index (χ1) is 13.1. The van der Waals surface area contributed by atoms with E-state index >= 15 is 0 Å². The average molecular weight is 425 g/mol. The lowest BCUT2D eigenvalue weighted by Crippen LogP contribution is -2.61. The van der Waals surface area contributed by atoms with E-state index in [0.717, 1.165) is 17.2 Å². The number of nitrogens with zero attached hydrogens (tertiary/aromatic N) is 2. The monoisotopic (exact) mass is 425 g/mol. The van der Waals surface area contributed by atoms with Gasteiger partial charge in [0.15, 0.2) is 0 Å². The Morgan fingerprint density at radius 3 is 2.55 bits per heavy atom. The van der Waals surface area contributed by atoms with Crippen molar-refractivity contribution in [3.63, 3.8) is 0 Å². The van der Waals surface area contributed by atoms with Gasteiger partial charge in [0.1, 0.15) is 18.0 Å². The molecule has 11 heteroatoms. The molecule has 1 aromatic rings. The number of rotatable bonds is 3. The van der Waals surface area contributed by atoms with Crippen LogP contribution in [-0.4, -0.2) is 52.9 Å². The van der Waals surface area contributed by atoms with Gasteiger partial charge in [-0.3, -0.25) is 4.90 Å². The quantitative estimate of drug-likeness (QED) is 0.726. The van der Waals surface area contributed by atoms with E-state index in [-0.39, 0.29) is 17.9 Å². The first-order valence-electron chi connectivity index (χ1n) is 8.92. The largest absolute Gasteiger partial charge is 0.444 e. The Balaban J connectivity index is 2.23. The summed E-state index contributed by atoms with van der Waals surface area (Å²) in [5.41, 5.74) is -1.91. The molecule has 0 radical (unpaired) electrons. The molecule has 6 nitrogen and oxygen atoms in total. The highest BCUT2D eigenvalue weighted by molar-refractivity contribution is 5.69. The molecule has 0 aromatic carbocycles. The molecule has 164 valence electrons. The number of ether oxygens (including phenoxy) is 2. The summed E-state index contributed by atoms with van der Waals surface area (Å²) in [5.74, 6) is -0.0616. The van der Waals surface area contributed by atoms with Crippen molar-refractivity contribution in [1.29, 1.82) is 0 Å². The highest BCUT2D eigenvalue weighted by Crippen LogP contribution is 2.34. The van der Waals surface area contributed by atoms with Crippen molar-refractivity contribution in [2.24, 2.45) is 0 Å². The highest BCUT2D eigenvalue weighted by atomic mass is 19.4. The Kier molecular flexibility index (Phi) is 6.32. The summed E-state index contributed by atoms with van der Waals surface area (Å²) in [6, 6.07) is -0.0688. The smallest absolute Gasteiger partial charge is 0.416 e. The summed E-state index contributed by atoms with van der Waals surface area (Å²) in [6.45, 7) is 6.18. The number of pyridine rings is 1. The SMILES string of the molecule is Cc1c(C(F)(F)F)ccnc1NC[C@@H]1[C@H](C)OC(F)(F)CN1C(=O)OC(C)(C)C. The molecule has 1 fully saturated rings. The molecule has 1 aromatic heterocycles. The second-order valence-corrected chi connectivity index (χ2v) is 7.85. The van der Waals surface area contributed by atoms with Crippen LogP contribution < -0.4 is 5.32 Å². The van der Waals surface area contributed by atoms with Crippen molar-refractivity contribution in [2.75, 3.05) is 18.4 Å². The maximum absolute atomic E-state index is 13.9. The molecule has 1 saturated heterocycles. The molecule has 2 atom stereocenters.